The number of aliphatic hydroxyl groups excluding tert-OH is 1. The third kappa shape index (κ3) is 2.45. The smallest absolute Gasteiger partial charge is 0.156 e. The minimum absolute atomic E-state index is 0.481. The zero-order valence-electron chi connectivity index (χ0n) is 7.75. The molecule has 1 rings (SSSR count). The maximum absolute atomic E-state index is 13.5. The van der Waals surface area contributed by atoms with Gasteiger partial charge in [-0.1, -0.05) is 12.1 Å². The first-order valence-electron chi connectivity index (χ1n) is 4.04. The van der Waals surface area contributed by atoms with Crippen molar-refractivity contribution in [2.24, 2.45) is 0 Å². The molecular formula is C10H13FOS. The summed E-state index contributed by atoms with van der Waals surface area (Å²) in [6, 6.07) is 7.13. The fourth-order valence-corrected chi connectivity index (χ4v) is 1.44. The third-order valence-electron chi connectivity index (χ3n) is 1.99. The number of halogens is 1. The van der Waals surface area contributed by atoms with E-state index < -0.39 is 12.3 Å². The molecule has 1 unspecified atom stereocenters. The SMILES string of the molecule is CSc1ccc(C(C)(F)CO)cc1. The number of aliphatic hydroxyl groups is 1. The van der Waals surface area contributed by atoms with E-state index in [2.05, 4.69) is 0 Å². The standard InChI is InChI=1S/C10H13FOS/c1-10(11,7-12)8-3-5-9(13-2)6-4-8/h3-6,12H,7H2,1-2H3. The zero-order chi connectivity index (χ0) is 9.90. The Bertz CT molecular complexity index is 269. The van der Waals surface area contributed by atoms with Crippen molar-refractivity contribution in [3.05, 3.63) is 29.8 Å². The van der Waals surface area contributed by atoms with E-state index in [9.17, 15) is 4.39 Å². The highest BCUT2D eigenvalue weighted by molar-refractivity contribution is 7.98. The van der Waals surface area contributed by atoms with Crippen LogP contribution in [0, 0.1) is 0 Å². The number of hydrogen-bond donors (Lipinski definition) is 1. The average Bonchev–Trinajstić information content (AvgIpc) is 2.18. The van der Waals surface area contributed by atoms with Crippen molar-refractivity contribution < 1.29 is 9.50 Å². The van der Waals surface area contributed by atoms with Crippen LogP contribution in [0.15, 0.2) is 29.2 Å². The first-order valence-corrected chi connectivity index (χ1v) is 5.27. The molecule has 0 aliphatic heterocycles. The highest BCUT2D eigenvalue weighted by atomic mass is 32.2. The molecule has 0 saturated heterocycles. The molecule has 72 valence electrons. The second kappa shape index (κ2) is 4.11. The predicted octanol–water partition coefficient (Wildman–Crippen LogP) is 2.59. The second-order valence-electron chi connectivity index (χ2n) is 3.08. The van der Waals surface area contributed by atoms with Crippen LogP contribution in [0.2, 0.25) is 0 Å². The molecular weight excluding hydrogens is 187 g/mol. The molecule has 0 amide bonds. The highest BCUT2D eigenvalue weighted by Crippen LogP contribution is 2.26. The summed E-state index contributed by atoms with van der Waals surface area (Å²) in [6.45, 7) is 0.896. The molecule has 0 aromatic heterocycles. The lowest BCUT2D eigenvalue weighted by Crippen LogP contribution is -2.19. The molecule has 0 aliphatic rings. The van der Waals surface area contributed by atoms with Crippen LogP contribution in [-0.4, -0.2) is 18.0 Å². The second-order valence-corrected chi connectivity index (χ2v) is 3.96. The Kier molecular flexibility index (Phi) is 3.33. The Labute approximate surface area is 82.0 Å². The van der Waals surface area contributed by atoms with Gasteiger partial charge in [-0.15, -0.1) is 11.8 Å². The van der Waals surface area contributed by atoms with Crippen LogP contribution in [-0.2, 0) is 5.67 Å². The first-order chi connectivity index (χ1) is 6.10. The Morgan fingerprint density at radius 2 is 1.92 bits per heavy atom. The molecule has 1 atom stereocenters. The highest BCUT2D eigenvalue weighted by Gasteiger charge is 2.24. The number of hydrogen-bond acceptors (Lipinski definition) is 2. The van der Waals surface area contributed by atoms with Crippen LogP contribution in [0.5, 0.6) is 0 Å². The van der Waals surface area contributed by atoms with Crippen molar-refractivity contribution in [2.75, 3.05) is 12.9 Å². The molecule has 0 heterocycles. The summed E-state index contributed by atoms with van der Waals surface area (Å²) >= 11 is 1.61. The quantitative estimate of drug-likeness (QED) is 0.757. The van der Waals surface area contributed by atoms with Crippen molar-refractivity contribution in [3.8, 4) is 0 Å². The lowest BCUT2D eigenvalue weighted by Gasteiger charge is -2.17. The zero-order valence-corrected chi connectivity index (χ0v) is 8.57. The van der Waals surface area contributed by atoms with Crippen molar-refractivity contribution in [3.63, 3.8) is 0 Å². The van der Waals surface area contributed by atoms with E-state index in [4.69, 9.17) is 5.11 Å². The van der Waals surface area contributed by atoms with Crippen LogP contribution in [0.4, 0.5) is 4.39 Å². The summed E-state index contributed by atoms with van der Waals surface area (Å²) in [5.41, 5.74) is -1.11. The molecule has 0 spiro atoms. The van der Waals surface area contributed by atoms with Gasteiger partial charge in [-0.05, 0) is 30.9 Å². The number of thioether (sulfide) groups is 1. The van der Waals surface area contributed by atoms with Gasteiger partial charge in [0.2, 0.25) is 0 Å². The molecule has 0 bridgehead atoms. The summed E-state index contributed by atoms with van der Waals surface area (Å²) in [5, 5.41) is 8.79. The van der Waals surface area contributed by atoms with E-state index in [1.54, 1.807) is 23.9 Å². The summed E-state index contributed by atoms with van der Waals surface area (Å²) in [6.07, 6.45) is 1.97. The monoisotopic (exact) mass is 200 g/mol. The number of rotatable bonds is 3. The molecule has 0 radical (unpaired) electrons. The van der Waals surface area contributed by atoms with Crippen molar-refractivity contribution >= 4 is 11.8 Å². The maximum atomic E-state index is 13.5. The van der Waals surface area contributed by atoms with Gasteiger partial charge in [-0.3, -0.25) is 0 Å². The minimum Gasteiger partial charge on any atom is -0.393 e. The normalized spacial score (nSPS) is 15.4. The Morgan fingerprint density at radius 3 is 2.31 bits per heavy atom. The topological polar surface area (TPSA) is 20.2 Å². The van der Waals surface area contributed by atoms with Crippen LogP contribution in [0.3, 0.4) is 0 Å². The van der Waals surface area contributed by atoms with E-state index in [0.717, 1.165) is 4.90 Å². The molecule has 13 heavy (non-hydrogen) atoms. The van der Waals surface area contributed by atoms with Gasteiger partial charge < -0.3 is 5.11 Å². The molecule has 0 saturated carbocycles. The van der Waals surface area contributed by atoms with Gasteiger partial charge in [0.05, 0.1) is 6.61 Å². The molecule has 3 heteroatoms. The molecule has 1 aromatic carbocycles. The van der Waals surface area contributed by atoms with Crippen molar-refractivity contribution in [1.29, 1.82) is 0 Å². The molecule has 1 aromatic rings. The lowest BCUT2D eigenvalue weighted by atomic mass is 9.99. The van der Waals surface area contributed by atoms with Crippen LogP contribution < -0.4 is 0 Å². The summed E-state index contributed by atoms with van der Waals surface area (Å²) in [7, 11) is 0. The largest absolute Gasteiger partial charge is 0.393 e. The van der Waals surface area contributed by atoms with Crippen LogP contribution in [0.1, 0.15) is 12.5 Å². The summed E-state index contributed by atoms with van der Waals surface area (Å²) in [5.74, 6) is 0. The molecule has 0 aliphatic carbocycles. The predicted molar refractivity (Wildman–Crippen MR) is 53.8 cm³/mol. The fourth-order valence-electron chi connectivity index (χ4n) is 1.03. The van der Waals surface area contributed by atoms with E-state index >= 15 is 0 Å². The average molecular weight is 200 g/mol. The van der Waals surface area contributed by atoms with E-state index in [1.165, 1.54) is 6.92 Å². The molecule has 1 nitrogen and oxygen atoms in total. The third-order valence-corrected chi connectivity index (χ3v) is 2.73. The van der Waals surface area contributed by atoms with E-state index in [0.29, 0.717) is 5.56 Å². The Hall–Kier alpha value is -0.540. The maximum Gasteiger partial charge on any atom is 0.156 e. The van der Waals surface area contributed by atoms with Gasteiger partial charge in [0.1, 0.15) is 0 Å². The van der Waals surface area contributed by atoms with Crippen molar-refractivity contribution in [1.82, 2.24) is 0 Å². The Morgan fingerprint density at radius 1 is 1.38 bits per heavy atom. The first kappa shape index (κ1) is 10.5. The van der Waals surface area contributed by atoms with Gasteiger partial charge in [-0.25, -0.2) is 4.39 Å². The fraction of sp³-hybridized carbons (Fsp3) is 0.400. The van der Waals surface area contributed by atoms with E-state index in [-0.39, 0.29) is 0 Å². The van der Waals surface area contributed by atoms with Crippen molar-refractivity contribution in [2.45, 2.75) is 17.5 Å². The van der Waals surface area contributed by atoms with Gasteiger partial charge >= 0.3 is 0 Å². The summed E-state index contributed by atoms with van der Waals surface area (Å²) in [4.78, 5) is 1.09. The minimum atomic E-state index is -1.63. The molecule has 1 N–H and O–H groups in total. The number of alkyl halides is 1. The lowest BCUT2D eigenvalue weighted by molar-refractivity contribution is 0.0867. The van der Waals surface area contributed by atoms with Crippen LogP contribution >= 0.6 is 11.8 Å². The van der Waals surface area contributed by atoms with Gasteiger partial charge in [0.15, 0.2) is 5.67 Å². The van der Waals surface area contributed by atoms with Crippen LogP contribution in [0.25, 0.3) is 0 Å². The van der Waals surface area contributed by atoms with Gasteiger partial charge in [-0.2, -0.15) is 0 Å². The Balaban J connectivity index is 2.92. The molecule has 0 fully saturated rings. The summed E-state index contributed by atoms with van der Waals surface area (Å²) < 4.78 is 13.5. The van der Waals surface area contributed by atoms with Gasteiger partial charge in [0.25, 0.3) is 0 Å². The van der Waals surface area contributed by atoms with E-state index in [1.807, 2.05) is 18.4 Å². The number of benzene rings is 1. The van der Waals surface area contributed by atoms with Gasteiger partial charge in [0, 0.05) is 4.90 Å².